The smallest absolute Gasteiger partial charge is 0.312 e. The zero-order chi connectivity index (χ0) is 41.8. The molecule has 326 valence electrons. The number of hydrogen-bond acceptors (Lipinski definition) is 14. The number of aliphatic carboxylic acids is 1. The number of carbonyl (C=O) groups is 1. The second-order valence-electron chi connectivity index (χ2n) is 20.7. The Labute approximate surface area is 335 Å². The number of carboxylic acid groups (broad SMARTS) is 1. The Balaban J connectivity index is 1.19. The molecule has 2 aliphatic heterocycles. The average Bonchev–Trinajstić information content (AvgIpc) is 3.15. The van der Waals surface area contributed by atoms with Crippen LogP contribution >= 0.6 is 0 Å². The van der Waals surface area contributed by atoms with Crippen molar-refractivity contribution < 1.29 is 74.8 Å². The minimum atomic E-state index is -1.75. The summed E-state index contributed by atoms with van der Waals surface area (Å²) in [7, 11) is 0. The van der Waals surface area contributed by atoms with Crippen LogP contribution in [0, 0.1) is 50.2 Å². The summed E-state index contributed by atoms with van der Waals surface area (Å²) in [6.07, 6.45) is -8.30. The number of aliphatic hydroxyl groups is 9. The van der Waals surface area contributed by atoms with Gasteiger partial charge in [-0.25, -0.2) is 0 Å². The summed E-state index contributed by atoms with van der Waals surface area (Å²) in [5.41, 5.74) is -1.70. The first-order valence-electron chi connectivity index (χ1n) is 21.1. The molecule has 5 aliphatic carbocycles. The molecule has 0 aromatic carbocycles. The summed E-state index contributed by atoms with van der Waals surface area (Å²) in [6, 6.07) is 0. The fraction of sp³-hybridized carbons (Fsp3) is 0.929. The van der Waals surface area contributed by atoms with Gasteiger partial charge in [0.15, 0.2) is 12.6 Å². The highest BCUT2D eigenvalue weighted by Crippen LogP contribution is 2.76. The number of hydrogen-bond donors (Lipinski definition) is 10. The summed E-state index contributed by atoms with van der Waals surface area (Å²) >= 11 is 0. The largest absolute Gasteiger partial charge is 0.481 e. The van der Waals surface area contributed by atoms with Gasteiger partial charge in [-0.2, -0.15) is 0 Å². The van der Waals surface area contributed by atoms with E-state index in [4.69, 9.17) is 18.9 Å². The standard InChI is InChI=1S/C42H68O15/c1-37(2)11-13-42(19-54-34-31(50)29(48)27(46)23(17-43)55-34)14-12-39(4)20(21(42)15-37)7-8-25-38(3)16-22(45)33(41(6,36(52)53)26(38)9-10-40(25,39)5)57-35-32(51)30(49)28(47)24(18-44)56-35/h7,21-35,43-51H,8-19H2,1-6H3,(H,52,53)/t21-,22-,23+,24+,25+,26+,27+,28+,29-,30-,31+,32+,33-,34+,35-,38+,39+,40+,41-,42+/m0/s1. The predicted molar refractivity (Wildman–Crippen MR) is 201 cm³/mol. The average molecular weight is 813 g/mol. The summed E-state index contributed by atoms with van der Waals surface area (Å²) in [6.45, 7) is 12.1. The van der Waals surface area contributed by atoms with E-state index in [0.29, 0.717) is 12.8 Å². The highest BCUT2D eigenvalue weighted by molar-refractivity contribution is 5.76. The minimum Gasteiger partial charge on any atom is -0.481 e. The maximum atomic E-state index is 13.5. The molecule has 0 spiro atoms. The van der Waals surface area contributed by atoms with Gasteiger partial charge in [0.2, 0.25) is 0 Å². The number of ether oxygens (including phenoxy) is 4. The fourth-order valence-electron chi connectivity index (χ4n) is 13.7. The van der Waals surface area contributed by atoms with Crippen molar-refractivity contribution in [1.29, 1.82) is 0 Å². The van der Waals surface area contributed by atoms with Gasteiger partial charge >= 0.3 is 5.97 Å². The first-order chi connectivity index (χ1) is 26.5. The molecule has 20 atom stereocenters. The molecule has 10 N–H and O–H groups in total. The van der Waals surface area contributed by atoms with Gasteiger partial charge in [-0.15, -0.1) is 0 Å². The molecule has 6 fully saturated rings. The maximum Gasteiger partial charge on any atom is 0.312 e. The van der Waals surface area contributed by atoms with Crippen LogP contribution in [0.4, 0.5) is 0 Å². The van der Waals surface area contributed by atoms with Crippen LogP contribution in [0.5, 0.6) is 0 Å². The number of carboxylic acids is 1. The van der Waals surface area contributed by atoms with E-state index in [2.05, 4.69) is 40.7 Å². The van der Waals surface area contributed by atoms with Crippen LogP contribution in [0.1, 0.15) is 99.3 Å². The van der Waals surface area contributed by atoms with Crippen LogP contribution < -0.4 is 0 Å². The van der Waals surface area contributed by atoms with Crippen molar-refractivity contribution in [3.05, 3.63) is 11.6 Å². The molecule has 4 saturated carbocycles. The molecule has 0 bridgehead atoms. The van der Waals surface area contributed by atoms with Crippen molar-refractivity contribution >= 4 is 5.97 Å². The molecule has 7 aliphatic rings. The molecular weight excluding hydrogens is 744 g/mol. The summed E-state index contributed by atoms with van der Waals surface area (Å²) in [5.74, 6) is -1.47. The normalized spacial score (nSPS) is 54.7. The van der Waals surface area contributed by atoms with Crippen LogP contribution in [0.15, 0.2) is 11.6 Å². The molecule has 57 heavy (non-hydrogen) atoms. The van der Waals surface area contributed by atoms with Crippen molar-refractivity contribution in [3.8, 4) is 0 Å². The molecule has 2 heterocycles. The summed E-state index contributed by atoms with van der Waals surface area (Å²) < 4.78 is 23.9. The van der Waals surface area contributed by atoms with Crippen molar-refractivity contribution in [2.24, 2.45) is 50.2 Å². The lowest BCUT2D eigenvalue weighted by atomic mass is 9.33. The number of rotatable bonds is 8. The second kappa shape index (κ2) is 14.9. The van der Waals surface area contributed by atoms with E-state index in [1.54, 1.807) is 6.92 Å². The first kappa shape index (κ1) is 43.8. The van der Waals surface area contributed by atoms with E-state index in [-0.39, 0.29) is 46.5 Å². The van der Waals surface area contributed by atoms with Gasteiger partial charge in [0.25, 0.3) is 0 Å². The summed E-state index contributed by atoms with van der Waals surface area (Å²) in [4.78, 5) is 13.5. The van der Waals surface area contributed by atoms with Crippen molar-refractivity contribution in [2.75, 3.05) is 19.8 Å². The fourth-order valence-corrected chi connectivity index (χ4v) is 13.7. The van der Waals surface area contributed by atoms with Crippen molar-refractivity contribution in [3.63, 3.8) is 0 Å². The maximum absolute atomic E-state index is 13.5. The SMILES string of the molecule is CC1(C)CC[C@]2(CO[C@@H]3O[C@H](CO)[C@@H](O)[C@H](O)[C@H]3O)CC[C@]3(C)C(=CC[C@@H]4[C@@]5(C)C[C@H](O)[C@H](O[C@@H]6O[C@H](CO)[C@@H](O)[C@H](O)[C@H]6O)[C@@](C)(C(=O)O)[C@@H]5CC[C@]43C)[C@@H]2C1. The minimum absolute atomic E-state index is 0.00602. The molecule has 0 radical (unpaired) electrons. The van der Waals surface area contributed by atoms with Crippen LogP contribution in [-0.2, 0) is 23.7 Å². The highest BCUT2D eigenvalue weighted by Gasteiger charge is 2.72. The van der Waals surface area contributed by atoms with Crippen LogP contribution in [0.25, 0.3) is 0 Å². The zero-order valence-corrected chi connectivity index (χ0v) is 34.2. The second-order valence-corrected chi connectivity index (χ2v) is 20.7. The third-order valence-electron chi connectivity index (χ3n) is 17.4. The van der Waals surface area contributed by atoms with Gasteiger partial charge in [0.05, 0.1) is 31.3 Å². The van der Waals surface area contributed by atoms with Gasteiger partial charge in [-0.3, -0.25) is 4.79 Å². The monoisotopic (exact) mass is 812 g/mol. The van der Waals surface area contributed by atoms with E-state index in [1.165, 1.54) is 5.57 Å². The van der Waals surface area contributed by atoms with E-state index in [0.717, 1.165) is 38.5 Å². The molecule has 2 saturated heterocycles. The Bertz CT molecular complexity index is 1540. The van der Waals surface area contributed by atoms with Crippen LogP contribution in [0.3, 0.4) is 0 Å². The highest BCUT2D eigenvalue weighted by atomic mass is 16.7. The molecule has 15 nitrogen and oxygen atoms in total. The topological polar surface area (TPSA) is 256 Å². The third kappa shape index (κ3) is 6.51. The lowest BCUT2D eigenvalue weighted by molar-refractivity contribution is -0.340. The van der Waals surface area contributed by atoms with E-state index in [1.807, 2.05) is 0 Å². The van der Waals surface area contributed by atoms with Crippen LogP contribution in [-0.4, -0.2) is 150 Å². The Morgan fingerprint density at radius 3 is 1.91 bits per heavy atom. The van der Waals surface area contributed by atoms with Gasteiger partial charge in [-0.1, -0.05) is 46.3 Å². The van der Waals surface area contributed by atoms with Crippen LogP contribution in [0.2, 0.25) is 0 Å². The Morgan fingerprint density at radius 1 is 0.737 bits per heavy atom. The van der Waals surface area contributed by atoms with Crippen molar-refractivity contribution in [2.45, 2.75) is 173 Å². The Hall–Kier alpha value is -1.31. The third-order valence-corrected chi connectivity index (χ3v) is 17.4. The molecule has 0 amide bonds. The zero-order valence-electron chi connectivity index (χ0n) is 34.2. The first-order valence-corrected chi connectivity index (χ1v) is 21.1. The number of aliphatic hydroxyl groups excluding tert-OH is 9. The Morgan fingerprint density at radius 2 is 1.32 bits per heavy atom. The summed E-state index contributed by atoms with van der Waals surface area (Å²) in [5, 5.41) is 106. The molecule has 0 unspecified atom stereocenters. The Kier molecular flexibility index (Phi) is 11.5. The van der Waals surface area contributed by atoms with Gasteiger partial charge in [-0.05, 0) is 104 Å². The molecular formula is C42H68O15. The van der Waals surface area contributed by atoms with Crippen molar-refractivity contribution in [1.82, 2.24) is 0 Å². The lowest BCUT2D eigenvalue weighted by Gasteiger charge is -2.71. The van der Waals surface area contributed by atoms with Gasteiger partial charge in [0, 0.05) is 5.41 Å². The molecule has 0 aromatic heterocycles. The van der Waals surface area contributed by atoms with E-state index in [9.17, 15) is 55.9 Å². The molecule has 7 rings (SSSR count). The van der Waals surface area contributed by atoms with E-state index < -0.39 is 110 Å². The molecule has 0 aromatic rings. The number of fused-ring (bicyclic) bond motifs is 7. The molecule has 15 heteroatoms. The van der Waals surface area contributed by atoms with E-state index >= 15 is 0 Å². The van der Waals surface area contributed by atoms with Gasteiger partial charge < -0.3 is 70.0 Å². The number of allylic oxidation sites excluding steroid dienone is 2. The van der Waals surface area contributed by atoms with Gasteiger partial charge in [0.1, 0.15) is 54.9 Å². The lowest BCUT2D eigenvalue weighted by Crippen LogP contribution is -2.70. The quantitative estimate of drug-likeness (QED) is 0.120. The predicted octanol–water partition coefficient (Wildman–Crippen LogP) is 0.825.